The van der Waals surface area contributed by atoms with Gasteiger partial charge in [-0.1, -0.05) is 12.7 Å². The minimum atomic E-state index is -0.608. The molecule has 1 unspecified atom stereocenters. The number of benzene rings is 3. The Bertz CT molecular complexity index is 2370. The topological polar surface area (TPSA) is 98.2 Å². The van der Waals surface area contributed by atoms with Crippen molar-refractivity contribution in [1.29, 1.82) is 0 Å². The molecule has 1 N–H and O–H groups in total. The summed E-state index contributed by atoms with van der Waals surface area (Å²) in [4.78, 5) is 59.0. The van der Waals surface area contributed by atoms with Gasteiger partial charge in [0.05, 0.1) is 11.2 Å². The Morgan fingerprint density at radius 2 is 1.65 bits per heavy atom. The molecule has 3 amide bonds. The molecule has 0 aliphatic carbocycles. The predicted octanol–water partition coefficient (Wildman–Crippen LogP) is 6.44. The molecule has 4 aliphatic heterocycles. The van der Waals surface area contributed by atoms with Crippen LogP contribution in [0.4, 0.5) is 17.1 Å². The number of imide groups is 1. The maximum atomic E-state index is 13.2. The Morgan fingerprint density at radius 3 is 2.40 bits per heavy atom. The summed E-state index contributed by atoms with van der Waals surface area (Å²) >= 11 is 0. The second-order valence-electron chi connectivity index (χ2n) is 15.9. The van der Waals surface area contributed by atoms with Crippen LogP contribution in [0.2, 0.25) is 0 Å². The van der Waals surface area contributed by atoms with Crippen molar-refractivity contribution in [3.63, 3.8) is 0 Å². The van der Waals surface area contributed by atoms with Crippen LogP contribution >= 0.6 is 0 Å². The molecule has 4 aromatic rings. The molecule has 5 heterocycles. The molecule has 2 saturated heterocycles. The van der Waals surface area contributed by atoms with E-state index >= 15 is 0 Å². The summed E-state index contributed by atoms with van der Waals surface area (Å²) in [6.45, 7) is 13.5. The average molecular weight is 739 g/mol. The number of fused-ring (bicyclic) bond motifs is 3. The number of amides is 3. The van der Waals surface area contributed by atoms with Gasteiger partial charge in [-0.3, -0.25) is 24.5 Å². The number of carbonyl (C=O) groups is 3. The molecule has 0 bridgehead atoms. The number of aromatic nitrogens is 1. The Hall–Kier alpha value is -5.64. The van der Waals surface area contributed by atoms with E-state index in [2.05, 4.69) is 84.0 Å². The number of carbonyl (C=O) groups excluding carboxylic acids is 3. The van der Waals surface area contributed by atoms with E-state index in [4.69, 9.17) is 0 Å². The van der Waals surface area contributed by atoms with Gasteiger partial charge in [0.2, 0.25) is 11.8 Å². The van der Waals surface area contributed by atoms with Gasteiger partial charge < -0.3 is 24.2 Å². The summed E-state index contributed by atoms with van der Waals surface area (Å²) in [5.74, 6) is -0.807. The highest BCUT2D eigenvalue weighted by atomic mass is 16.2. The summed E-state index contributed by atoms with van der Waals surface area (Å²) in [5.41, 5.74) is 12.8. The molecule has 2 fully saturated rings. The highest BCUT2D eigenvalue weighted by Crippen LogP contribution is 2.41. The first kappa shape index (κ1) is 36.3. The molecule has 284 valence electrons. The zero-order valence-electron chi connectivity index (χ0n) is 32.6. The molecule has 8 rings (SSSR count). The molecule has 4 aliphatic rings. The van der Waals surface area contributed by atoms with Crippen molar-refractivity contribution in [3.8, 4) is 0 Å². The third kappa shape index (κ3) is 6.51. The van der Waals surface area contributed by atoms with Gasteiger partial charge in [-0.25, -0.2) is 0 Å². The van der Waals surface area contributed by atoms with Crippen molar-refractivity contribution in [1.82, 2.24) is 19.7 Å². The smallest absolute Gasteiger partial charge is 0.255 e. The van der Waals surface area contributed by atoms with Crippen LogP contribution < -0.4 is 20.7 Å². The standard InChI is InChI=1S/C45H50N6O4/c1-7-30(36-24-31-9-8-16-50(39(31)22-28(36)3)41-20-27(2)19-40-37(41)21-29(4)44(54)48(40)6)25-47(5)33-14-17-49(18-15-33)34-10-11-35-32(23-34)26-51(45(35)55)38-12-13-42(52)46-43(38)53/h7,10-11,19-25,33,38H,1,8-9,12-18,26H2,2-6H3,(H,46,52,53)/b30-25+. The number of nitrogens with zero attached hydrogens (tertiary/aromatic N) is 5. The third-order valence-electron chi connectivity index (χ3n) is 12.3. The number of rotatable bonds is 7. The number of anilines is 3. The second-order valence-corrected chi connectivity index (χ2v) is 15.9. The average Bonchev–Trinajstić information content (AvgIpc) is 3.50. The van der Waals surface area contributed by atoms with Crippen molar-refractivity contribution in [2.45, 2.75) is 77.9 Å². The van der Waals surface area contributed by atoms with Gasteiger partial charge in [0.15, 0.2) is 0 Å². The van der Waals surface area contributed by atoms with Gasteiger partial charge in [0.25, 0.3) is 11.5 Å². The number of hydrogen-bond acceptors (Lipinski definition) is 7. The van der Waals surface area contributed by atoms with Gasteiger partial charge in [-0.15, -0.1) is 0 Å². The molecule has 10 heteroatoms. The summed E-state index contributed by atoms with van der Waals surface area (Å²) < 4.78 is 1.78. The van der Waals surface area contributed by atoms with E-state index in [1.807, 2.05) is 38.2 Å². The van der Waals surface area contributed by atoms with E-state index in [1.54, 1.807) is 9.47 Å². The molecule has 3 aromatic carbocycles. The van der Waals surface area contributed by atoms with E-state index in [1.165, 1.54) is 22.4 Å². The Labute approximate surface area is 322 Å². The zero-order valence-corrected chi connectivity index (χ0v) is 32.6. The molecule has 0 saturated carbocycles. The van der Waals surface area contributed by atoms with Crippen LogP contribution in [0.25, 0.3) is 16.5 Å². The fourth-order valence-corrected chi connectivity index (χ4v) is 9.20. The van der Waals surface area contributed by atoms with Crippen LogP contribution in [0, 0.1) is 20.8 Å². The molecule has 0 radical (unpaired) electrons. The lowest BCUT2D eigenvalue weighted by Crippen LogP contribution is -2.52. The van der Waals surface area contributed by atoms with Crippen LogP contribution in [0.3, 0.4) is 0 Å². The van der Waals surface area contributed by atoms with Crippen LogP contribution in [0.1, 0.15) is 75.8 Å². The molecule has 10 nitrogen and oxygen atoms in total. The first-order valence-electron chi connectivity index (χ1n) is 19.5. The minimum Gasteiger partial charge on any atom is -0.377 e. The van der Waals surface area contributed by atoms with E-state index in [0.29, 0.717) is 24.6 Å². The van der Waals surface area contributed by atoms with E-state index < -0.39 is 6.04 Å². The van der Waals surface area contributed by atoms with Gasteiger partial charge in [0, 0.05) is 86.8 Å². The number of hydrogen-bond donors (Lipinski definition) is 1. The SMILES string of the molecule is C=C/C(=C\N(C)C1CCN(c2ccc3c(c2)CN(C2CCC(=O)NC2=O)C3=O)CC1)c1cc2c(cc1C)N(c1cc(C)cc3c1cc(C)c(=O)n3C)CCC2. The first-order chi connectivity index (χ1) is 26.4. The van der Waals surface area contributed by atoms with E-state index in [9.17, 15) is 19.2 Å². The monoisotopic (exact) mass is 738 g/mol. The van der Waals surface area contributed by atoms with Crippen molar-refractivity contribution in [2.75, 3.05) is 36.5 Å². The fourth-order valence-electron chi connectivity index (χ4n) is 9.20. The minimum absolute atomic E-state index is 0.0438. The van der Waals surface area contributed by atoms with Crippen LogP contribution in [-0.2, 0) is 29.6 Å². The summed E-state index contributed by atoms with van der Waals surface area (Å²) in [7, 11) is 4.03. The van der Waals surface area contributed by atoms with Gasteiger partial charge in [-0.2, -0.15) is 0 Å². The number of aryl methyl sites for hydroxylation is 5. The summed E-state index contributed by atoms with van der Waals surface area (Å²) in [6.07, 6.45) is 8.86. The molecule has 55 heavy (non-hydrogen) atoms. The molecular weight excluding hydrogens is 689 g/mol. The molecule has 1 atom stereocenters. The van der Waals surface area contributed by atoms with Gasteiger partial charge >= 0.3 is 0 Å². The van der Waals surface area contributed by atoms with Crippen LogP contribution in [0.5, 0.6) is 0 Å². The van der Waals surface area contributed by atoms with Crippen molar-refractivity contribution >= 4 is 51.3 Å². The molecule has 0 spiro atoms. The maximum absolute atomic E-state index is 13.2. The number of allylic oxidation sites excluding steroid dienone is 2. The number of piperidine rings is 2. The Kier molecular flexibility index (Phi) is 9.39. The largest absolute Gasteiger partial charge is 0.377 e. The number of nitrogens with one attached hydrogen (secondary N) is 1. The lowest BCUT2D eigenvalue weighted by molar-refractivity contribution is -0.136. The van der Waals surface area contributed by atoms with E-state index in [0.717, 1.165) is 89.9 Å². The van der Waals surface area contributed by atoms with Crippen LogP contribution in [0.15, 0.2) is 72.2 Å². The highest BCUT2D eigenvalue weighted by molar-refractivity contribution is 6.05. The quantitative estimate of drug-likeness (QED) is 0.172. The second kappa shape index (κ2) is 14.2. The van der Waals surface area contributed by atoms with Crippen LogP contribution in [-0.4, -0.2) is 70.9 Å². The zero-order chi connectivity index (χ0) is 38.7. The predicted molar refractivity (Wildman–Crippen MR) is 219 cm³/mol. The van der Waals surface area contributed by atoms with Gasteiger partial charge in [-0.05, 0) is 135 Å². The molecular formula is C45H50N6O4. The fraction of sp³-hybridized carbons (Fsp3) is 0.378. The normalized spacial score (nSPS) is 19.1. The third-order valence-corrected chi connectivity index (χ3v) is 12.3. The Balaban J connectivity index is 0.975. The van der Waals surface area contributed by atoms with Gasteiger partial charge in [0.1, 0.15) is 6.04 Å². The highest BCUT2D eigenvalue weighted by Gasteiger charge is 2.39. The van der Waals surface area contributed by atoms with Crippen molar-refractivity contribution in [2.24, 2.45) is 7.05 Å². The lowest BCUT2D eigenvalue weighted by atomic mass is 9.91. The first-order valence-corrected chi connectivity index (χ1v) is 19.5. The summed E-state index contributed by atoms with van der Waals surface area (Å²) in [6, 6.07) is 16.9. The lowest BCUT2D eigenvalue weighted by Gasteiger charge is -2.38. The van der Waals surface area contributed by atoms with Crippen molar-refractivity contribution in [3.05, 3.63) is 117 Å². The molecule has 1 aromatic heterocycles. The van der Waals surface area contributed by atoms with Crippen molar-refractivity contribution < 1.29 is 14.4 Å². The Morgan fingerprint density at radius 1 is 0.873 bits per heavy atom. The maximum Gasteiger partial charge on any atom is 0.255 e. The number of pyridine rings is 1. The van der Waals surface area contributed by atoms with E-state index in [-0.39, 0.29) is 29.7 Å². The summed E-state index contributed by atoms with van der Waals surface area (Å²) in [5, 5.41) is 3.48.